The summed E-state index contributed by atoms with van der Waals surface area (Å²) in [5.74, 6) is 2.29. The summed E-state index contributed by atoms with van der Waals surface area (Å²) >= 11 is 0. The predicted molar refractivity (Wildman–Crippen MR) is 123 cm³/mol. The molecule has 2 fully saturated rings. The van der Waals surface area contributed by atoms with Crippen molar-refractivity contribution in [3.63, 3.8) is 0 Å². The van der Waals surface area contributed by atoms with Crippen LogP contribution < -0.4 is 15.5 Å². The van der Waals surface area contributed by atoms with Crippen LogP contribution in [0.3, 0.4) is 0 Å². The molecule has 3 aromatic rings. The van der Waals surface area contributed by atoms with Crippen molar-refractivity contribution in [2.24, 2.45) is 5.92 Å². The van der Waals surface area contributed by atoms with Crippen molar-refractivity contribution in [3.05, 3.63) is 36.8 Å². The topological polar surface area (TPSA) is 97.2 Å². The molecular weight excluding hydrogens is 406 g/mol. The van der Waals surface area contributed by atoms with E-state index in [-0.39, 0.29) is 5.91 Å². The van der Waals surface area contributed by atoms with Crippen LogP contribution in [0.5, 0.6) is 0 Å². The van der Waals surface area contributed by atoms with Crippen molar-refractivity contribution < 1.29 is 9.53 Å². The number of nitrogens with one attached hydrogen (secondary N) is 2. The minimum absolute atomic E-state index is 0.173. The van der Waals surface area contributed by atoms with E-state index in [0.717, 1.165) is 61.8 Å². The first-order valence-electron chi connectivity index (χ1n) is 11.4. The van der Waals surface area contributed by atoms with Crippen molar-refractivity contribution in [1.29, 1.82) is 0 Å². The number of nitrogens with zero attached hydrogens (tertiary/aromatic N) is 5. The number of fused-ring (bicyclic) bond motifs is 1. The number of hydrogen-bond donors (Lipinski definition) is 2. The summed E-state index contributed by atoms with van der Waals surface area (Å²) in [6, 6.07) is 6.02. The third-order valence-electron chi connectivity index (χ3n) is 5.91. The molecule has 1 saturated carbocycles. The van der Waals surface area contributed by atoms with Gasteiger partial charge in [-0.05, 0) is 43.4 Å². The van der Waals surface area contributed by atoms with Crippen LogP contribution in [0.1, 0.15) is 25.7 Å². The number of ether oxygens (including phenoxy) is 1. The van der Waals surface area contributed by atoms with Crippen LogP contribution in [0.25, 0.3) is 11.0 Å². The smallest absolute Gasteiger partial charge is 0.229 e. The molecule has 5 rings (SSSR count). The molecule has 0 unspecified atom stereocenters. The number of rotatable bonds is 9. The summed E-state index contributed by atoms with van der Waals surface area (Å²) in [5, 5.41) is 7.27. The molecule has 1 aliphatic heterocycles. The van der Waals surface area contributed by atoms with Gasteiger partial charge < -0.3 is 24.8 Å². The fourth-order valence-corrected chi connectivity index (χ4v) is 3.91. The van der Waals surface area contributed by atoms with E-state index in [2.05, 4.69) is 30.1 Å². The number of aryl methyl sites for hydroxylation is 1. The standard InChI is InChI=1S/C23H29N7O2/c31-21(14-17-2-3-17)24-7-1-8-30-9-6-18-15-26-23(28-22(18)30)27-19-4-5-20(25-16-19)29-10-12-32-13-11-29/h4-6,9,15-17H,1-3,7-8,10-14H2,(H,24,31)(H,26,27,28). The largest absolute Gasteiger partial charge is 0.378 e. The number of hydrogen-bond acceptors (Lipinski definition) is 7. The molecule has 0 bridgehead atoms. The molecule has 1 aliphatic carbocycles. The minimum Gasteiger partial charge on any atom is -0.378 e. The Bertz CT molecular complexity index is 1060. The average Bonchev–Trinajstić information content (AvgIpc) is 3.55. The number of morpholine rings is 1. The second kappa shape index (κ2) is 9.52. The van der Waals surface area contributed by atoms with Gasteiger partial charge in [0.1, 0.15) is 11.5 Å². The Morgan fingerprint density at radius 1 is 1.12 bits per heavy atom. The van der Waals surface area contributed by atoms with Gasteiger partial charge in [-0.15, -0.1) is 0 Å². The van der Waals surface area contributed by atoms with Crippen LogP contribution in [0.2, 0.25) is 0 Å². The average molecular weight is 436 g/mol. The molecule has 0 atom stereocenters. The highest BCUT2D eigenvalue weighted by atomic mass is 16.5. The number of carbonyl (C=O) groups is 1. The van der Waals surface area contributed by atoms with E-state index in [4.69, 9.17) is 9.72 Å². The molecule has 9 heteroatoms. The Morgan fingerprint density at radius 2 is 2.00 bits per heavy atom. The first-order chi connectivity index (χ1) is 15.7. The van der Waals surface area contributed by atoms with Gasteiger partial charge in [0.25, 0.3) is 0 Å². The summed E-state index contributed by atoms with van der Waals surface area (Å²) < 4.78 is 7.51. The SMILES string of the molecule is O=C(CC1CC1)NCCCn1ccc2cnc(Nc3ccc(N4CCOCC4)nc3)nc21. The van der Waals surface area contributed by atoms with Gasteiger partial charge in [-0.25, -0.2) is 9.97 Å². The lowest BCUT2D eigenvalue weighted by molar-refractivity contribution is -0.121. The molecule has 32 heavy (non-hydrogen) atoms. The van der Waals surface area contributed by atoms with E-state index in [1.165, 1.54) is 12.8 Å². The zero-order chi connectivity index (χ0) is 21.8. The van der Waals surface area contributed by atoms with Crippen LogP contribution in [-0.4, -0.2) is 58.3 Å². The van der Waals surface area contributed by atoms with Crippen molar-refractivity contribution in [3.8, 4) is 0 Å². The molecule has 9 nitrogen and oxygen atoms in total. The molecule has 168 valence electrons. The van der Waals surface area contributed by atoms with E-state index in [1.54, 1.807) is 0 Å². The monoisotopic (exact) mass is 435 g/mol. The number of carbonyl (C=O) groups excluding carboxylic acids is 1. The second-order valence-electron chi connectivity index (χ2n) is 8.46. The summed E-state index contributed by atoms with van der Waals surface area (Å²) in [6.07, 6.45) is 9.60. The van der Waals surface area contributed by atoms with E-state index < -0.39 is 0 Å². The zero-order valence-electron chi connectivity index (χ0n) is 18.2. The first kappa shape index (κ1) is 20.7. The summed E-state index contributed by atoms with van der Waals surface area (Å²) in [7, 11) is 0. The molecule has 1 saturated heterocycles. The third-order valence-corrected chi connectivity index (χ3v) is 5.91. The highest BCUT2D eigenvalue weighted by Crippen LogP contribution is 2.32. The van der Waals surface area contributed by atoms with Crippen LogP contribution in [-0.2, 0) is 16.1 Å². The van der Waals surface area contributed by atoms with E-state index >= 15 is 0 Å². The maximum atomic E-state index is 11.8. The quantitative estimate of drug-likeness (QED) is 0.499. The highest BCUT2D eigenvalue weighted by molar-refractivity contribution is 5.77. The Morgan fingerprint density at radius 3 is 2.78 bits per heavy atom. The number of aromatic nitrogens is 4. The van der Waals surface area contributed by atoms with Gasteiger partial charge in [0, 0.05) is 50.4 Å². The second-order valence-corrected chi connectivity index (χ2v) is 8.46. The van der Waals surface area contributed by atoms with Gasteiger partial charge in [0.05, 0.1) is 25.1 Å². The lowest BCUT2D eigenvalue weighted by atomic mass is 10.3. The fourth-order valence-electron chi connectivity index (χ4n) is 3.91. The highest BCUT2D eigenvalue weighted by Gasteiger charge is 2.23. The Kier molecular flexibility index (Phi) is 6.15. The summed E-state index contributed by atoms with van der Waals surface area (Å²) in [6.45, 7) is 4.67. The maximum Gasteiger partial charge on any atom is 0.229 e. The molecule has 0 spiro atoms. The third kappa shape index (κ3) is 5.16. The Hall–Kier alpha value is -3.20. The van der Waals surface area contributed by atoms with Crippen molar-refractivity contribution in [2.45, 2.75) is 32.2 Å². The van der Waals surface area contributed by atoms with Crippen LogP contribution in [0, 0.1) is 5.92 Å². The first-order valence-corrected chi connectivity index (χ1v) is 11.4. The summed E-state index contributed by atoms with van der Waals surface area (Å²) in [5.41, 5.74) is 1.72. The van der Waals surface area contributed by atoms with Crippen LogP contribution in [0.4, 0.5) is 17.5 Å². The molecule has 0 aromatic carbocycles. The van der Waals surface area contributed by atoms with Gasteiger partial charge in [-0.3, -0.25) is 4.79 Å². The molecule has 0 radical (unpaired) electrons. The molecule has 4 heterocycles. The van der Waals surface area contributed by atoms with Gasteiger partial charge >= 0.3 is 0 Å². The van der Waals surface area contributed by atoms with Gasteiger partial charge in [0.15, 0.2) is 0 Å². The normalized spacial score (nSPS) is 16.3. The van der Waals surface area contributed by atoms with E-state index in [1.807, 2.05) is 36.8 Å². The molecule has 3 aromatic heterocycles. The Labute approximate surface area is 187 Å². The molecule has 2 N–H and O–H groups in total. The Balaban J connectivity index is 1.18. The van der Waals surface area contributed by atoms with Crippen LogP contribution >= 0.6 is 0 Å². The fraction of sp³-hybridized carbons (Fsp3) is 0.478. The van der Waals surface area contributed by atoms with Gasteiger partial charge in [-0.2, -0.15) is 4.98 Å². The van der Waals surface area contributed by atoms with E-state index in [0.29, 0.717) is 24.8 Å². The number of pyridine rings is 1. The lowest BCUT2D eigenvalue weighted by Crippen LogP contribution is -2.36. The molecule has 2 aliphatic rings. The van der Waals surface area contributed by atoms with Crippen molar-refractivity contribution >= 4 is 34.4 Å². The van der Waals surface area contributed by atoms with Gasteiger partial charge in [-0.1, -0.05) is 0 Å². The predicted octanol–water partition coefficient (Wildman–Crippen LogP) is 2.71. The van der Waals surface area contributed by atoms with Crippen LogP contribution in [0.15, 0.2) is 36.8 Å². The van der Waals surface area contributed by atoms with E-state index in [9.17, 15) is 4.79 Å². The van der Waals surface area contributed by atoms with Crippen molar-refractivity contribution in [1.82, 2.24) is 24.8 Å². The number of anilines is 3. The minimum atomic E-state index is 0.173. The zero-order valence-corrected chi connectivity index (χ0v) is 18.2. The maximum absolute atomic E-state index is 11.8. The molecular formula is C23H29N7O2. The molecule has 1 amide bonds. The van der Waals surface area contributed by atoms with Crippen molar-refractivity contribution in [2.75, 3.05) is 43.1 Å². The lowest BCUT2D eigenvalue weighted by Gasteiger charge is -2.27. The van der Waals surface area contributed by atoms with Gasteiger partial charge in [0.2, 0.25) is 11.9 Å². The summed E-state index contributed by atoms with van der Waals surface area (Å²) in [4.78, 5) is 27.8. The number of amides is 1.